The fourth-order valence-corrected chi connectivity index (χ4v) is 1.98. The molecule has 2 fully saturated rings. The van der Waals surface area contributed by atoms with Gasteiger partial charge in [-0.25, -0.2) is 0 Å². The molecular formula is C10H19NO. The Morgan fingerprint density at radius 2 is 2.08 bits per heavy atom. The number of ether oxygens (including phenoxy) is 1. The van der Waals surface area contributed by atoms with Crippen LogP contribution in [0, 0.1) is 11.8 Å². The Labute approximate surface area is 74.9 Å². The van der Waals surface area contributed by atoms with Gasteiger partial charge >= 0.3 is 0 Å². The summed E-state index contributed by atoms with van der Waals surface area (Å²) in [5.74, 6) is 1.79. The standard InChI is InChI=1S/C10H19NO/c1-8-3-4-11(5-9(8)2)6-10-7-12-10/h8-10H,3-7H2,1-2H3. The lowest BCUT2D eigenvalue weighted by molar-refractivity contribution is 0.129. The van der Waals surface area contributed by atoms with E-state index in [-0.39, 0.29) is 0 Å². The topological polar surface area (TPSA) is 15.8 Å². The Hall–Kier alpha value is -0.0800. The van der Waals surface area contributed by atoms with Crippen LogP contribution in [0.2, 0.25) is 0 Å². The summed E-state index contributed by atoms with van der Waals surface area (Å²) >= 11 is 0. The highest BCUT2D eigenvalue weighted by Crippen LogP contribution is 2.23. The lowest BCUT2D eigenvalue weighted by atomic mass is 9.89. The molecule has 2 rings (SSSR count). The molecule has 0 spiro atoms. The zero-order valence-corrected chi connectivity index (χ0v) is 8.12. The first-order valence-corrected chi connectivity index (χ1v) is 5.09. The Balaban J connectivity index is 1.76. The summed E-state index contributed by atoms with van der Waals surface area (Å²) in [4.78, 5) is 2.56. The van der Waals surface area contributed by atoms with Gasteiger partial charge in [0.1, 0.15) is 0 Å². The molecule has 0 N–H and O–H groups in total. The molecule has 2 saturated heterocycles. The summed E-state index contributed by atoms with van der Waals surface area (Å²) in [5.41, 5.74) is 0. The van der Waals surface area contributed by atoms with Crippen molar-refractivity contribution >= 4 is 0 Å². The van der Waals surface area contributed by atoms with Crippen LogP contribution in [0.3, 0.4) is 0 Å². The van der Waals surface area contributed by atoms with Crippen LogP contribution in [-0.2, 0) is 4.74 Å². The minimum atomic E-state index is 0.575. The maximum absolute atomic E-state index is 5.23. The molecule has 0 saturated carbocycles. The van der Waals surface area contributed by atoms with Gasteiger partial charge in [0.25, 0.3) is 0 Å². The lowest BCUT2D eigenvalue weighted by Crippen LogP contribution is -2.40. The van der Waals surface area contributed by atoms with Crippen molar-refractivity contribution in [1.82, 2.24) is 4.90 Å². The second-order valence-electron chi connectivity index (χ2n) is 4.46. The van der Waals surface area contributed by atoms with E-state index in [0.717, 1.165) is 18.4 Å². The normalized spacial score (nSPS) is 43.0. The SMILES string of the molecule is CC1CCN(CC2CO2)CC1C. The van der Waals surface area contributed by atoms with Gasteiger partial charge in [0.2, 0.25) is 0 Å². The van der Waals surface area contributed by atoms with E-state index in [1.54, 1.807) is 0 Å². The molecule has 70 valence electrons. The first-order chi connectivity index (χ1) is 5.75. The second-order valence-corrected chi connectivity index (χ2v) is 4.46. The van der Waals surface area contributed by atoms with Crippen molar-refractivity contribution < 1.29 is 4.74 Å². The molecule has 0 radical (unpaired) electrons. The van der Waals surface area contributed by atoms with Gasteiger partial charge in [-0.05, 0) is 24.8 Å². The van der Waals surface area contributed by atoms with Crippen LogP contribution < -0.4 is 0 Å². The number of rotatable bonds is 2. The highest BCUT2D eigenvalue weighted by atomic mass is 16.6. The summed E-state index contributed by atoms with van der Waals surface area (Å²) in [6.07, 6.45) is 1.94. The van der Waals surface area contributed by atoms with Gasteiger partial charge in [0.05, 0.1) is 12.7 Å². The molecule has 0 bridgehead atoms. The van der Waals surface area contributed by atoms with Crippen LogP contribution >= 0.6 is 0 Å². The van der Waals surface area contributed by atoms with Gasteiger partial charge in [0, 0.05) is 13.1 Å². The third-order valence-electron chi connectivity index (χ3n) is 3.28. The molecule has 2 aliphatic rings. The minimum absolute atomic E-state index is 0.575. The molecule has 0 aromatic carbocycles. The van der Waals surface area contributed by atoms with E-state index < -0.39 is 0 Å². The monoisotopic (exact) mass is 169 g/mol. The van der Waals surface area contributed by atoms with Crippen molar-refractivity contribution in [3.8, 4) is 0 Å². The van der Waals surface area contributed by atoms with Gasteiger partial charge in [-0.1, -0.05) is 13.8 Å². The Morgan fingerprint density at radius 1 is 1.33 bits per heavy atom. The fourth-order valence-electron chi connectivity index (χ4n) is 1.98. The predicted molar refractivity (Wildman–Crippen MR) is 49.1 cm³/mol. The number of hydrogen-bond acceptors (Lipinski definition) is 2. The van der Waals surface area contributed by atoms with E-state index in [1.807, 2.05) is 0 Å². The van der Waals surface area contributed by atoms with E-state index >= 15 is 0 Å². The molecule has 3 unspecified atom stereocenters. The average molecular weight is 169 g/mol. The molecule has 12 heavy (non-hydrogen) atoms. The zero-order chi connectivity index (χ0) is 8.55. The van der Waals surface area contributed by atoms with Gasteiger partial charge in [-0.2, -0.15) is 0 Å². The summed E-state index contributed by atoms with van der Waals surface area (Å²) in [6.45, 7) is 9.48. The van der Waals surface area contributed by atoms with Crippen molar-refractivity contribution in [1.29, 1.82) is 0 Å². The third kappa shape index (κ3) is 1.99. The number of likely N-dealkylation sites (tertiary alicyclic amines) is 1. The zero-order valence-electron chi connectivity index (χ0n) is 8.12. The Morgan fingerprint density at radius 3 is 2.67 bits per heavy atom. The Bertz CT molecular complexity index is 156. The number of hydrogen-bond donors (Lipinski definition) is 0. The number of piperidine rings is 1. The molecule has 2 nitrogen and oxygen atoms in total. The van der Waals surface area contributed by atoms with E-state index in [0.29, 0.717) is 6.10 Å². The molecule has 0 aromatic rings. The molecule has 2 heterocycles. The molecule has 2 heteroatoms. The quantitative estimate of drug-likeness (QED) is 0.580. The van der Waals surface area contributed by atoms with E-state index in [2.05, 4.69) is 18.7 Å². The average Bonchev–Trinajstić information content (AvgIpc) is 2.81. The van der Waals surface area contributed by atoms with Crippen LogP contribution in [0.15, 0.2) is 0 Å². The second kappa shape index (κ2) is 3.35. The third-order valence-corrected chi connectivity index (χ3v) is 3.28. The largest absolute Gasteiger partial charge is 0.372 e. The van der Waals surface area contributed by atoms with Crippen LogP contribution in [0.5, 0.6) is 0 Å². The highest BCUT2D eigenvalue weighted by Gasteiger charge is 2.29. The first kappa shape index (κ1) is 8.52. The lowest BCUT2D eigenvalue weighted by Gasteiger charge is -2.34. The summed E-state index contributed by atoms with van der Waals surface area (Å²) in [6, 6.07) is 0. The number of epoxide rings is 1. The van der Waals surface area contributed by atoms with Gasteiger partial charge in [-0.15, -0.1) is 0 Å². The highest BCUT2D eigenvalue weighted by molar-refractivity contribution is 4.80. The van der Waals surface area contributed by atoms with Gasteiger partial charge < -0.3 is 9.64 Å². The smallest absolute Gasteiger partial charge is 0.0936 e. The van der Waals surface area contributed by atoms with Crippen molar-refractivity contribution in [2.45, 2.75) is 26.4 Å². The fraction of sp³-hybridized carbons (Fsp3) is 1.00. The molecule has 0 amide bonds. The summed E-state index contributed by atoms with van der Waals surface area (Å²) < 4.78 is 5.23. The van der Waals surface area contributed by atoms with Gasteiger partial charge in [-0.3, -0.25) is 0 Å². The maximum atomic E-state index is 5.23. The summed E-state index contributed by atoms with van der Waals surface area (Å²) in [5, 5.41) is 0. The van der Waals surface area contributed by atoms with E-state index in [9.17, 15) is 0 Å². The molecular weight excluding hydrogens is 150 g/mol. The predicted octanol–water partition coefficient (Wildman–Crippen LogP) is 1.36. The molecule has 0 aliphatic carbocycles. The van der Waals surface area contributed by atoms with E-state index in [4.69, 9.17) is 4.74 Å². The molecule has 2 aliphatic heterocycles. The van der Waals surface area contributed by atoms with E-state index in [1.165, 1.54) is 26.1 Å². The van der Waals surface area contributed by atoms with Crippen molar-refractivity contribution in [2.75, 3.05) is 26.2 Å². The van der Waals surface area contributed by atoms with Crippen LogP contribution in [0.1, 0.15) is 20.3 Å². The van der Waals surface area contributed by atoms with Gasteiger partial charge in [0.15, 0.2) is 0 Å². The first-order valence-electron chi connectivity index (χ1n) is 5.09. The summed E-state index contributed by atoms with van der Waals surface area (Å²) in [7, 11) is 0. The molecule has 0 aromatic heterocycles. The maximum Gasteiger partial charge on any atom is 0.0936 e. The van der Waals surface area contributed by atoms with Crippen LogP contribution in [-0.4, -0.2) is 37.2 Å². The van der Waals surface area contributed by atoms with Crippen LogP contribution in [0.25, 0.3) is 0 Å². The van der Waals surface area contributed by atoms with Crippen LogP contribution in [0.4, 0.5) is 0 Å². The Kier molecular flexibility index (Phi) is 2.37. The minimum Gasteiger partial charge on any atom is -0.372 e. The van der Waals surface area contributed by atoms with Crippen molar-refractivity contribution in [3.05, 3.63) is 0 Å². The van der Waals surface area contributed by atoms with Crippen molar-refractivity contribution in [3.63, 3.8) is 0 Å². The number of nitrogens with zero attached hydrogens (tertiary/aromatic N) is 1. The molecule has 3 atom stereocenters. The van der Waals surface area contributed by atoms with Crippen molar-refractivity contribution in [2.24, 2.45) is 11.8 Å².